The molecule has 0 aliphatic carbocycles. The molecule has 0 bridgehead atoms. The lowest BCUT2D eigenvalue weighted by molar-refractivity contribution is 0.254. The van der Waals surface area contributed by atoms with Gasteiger partial charge < -0.3 is 4.74 Å². The second-order valence-corrected chi connectivity index (χ2v) is 8.41. The van der Waals surface area contributed by atoms with E-state index in [1.165, 1.54) is 0 Å². The maximum absolute atomic E-state index is 13.2. The number of pyridine rings is 1. The summed E-state index contributed by atoms with van der Waals surface area (Å²) in [5.74, 6) is 0.546. The first-order chi connectivity index (χ1) is 11.9. The summed E-state index contributed by atoms with van der Waals surface area (Å²) < 4.78 is 33.2. The molecule has 0 N–H and O–H groups in total. The van der Waals surface area contributed by atoms with E-state index < -0.39 is 10.0 Å². The lowest BCUT2D eigenvalue weighted by atomic mass is 9.96. The molecule has 0 amide bonds. The summed E-state index contributed by atoms with van der Waals surface area (Å²) in [5.41, 5.74) is 3.00. The molecule has 1 aliphatic rings. The summed E-state index contributed by atoms with van der Waals surface area (Å²) in [6.07, 6.45) is 4.45. The first-order valence-electron chi connectivity index (χ1n) is 8.52. The molecule has 1 aromatic heterocycles. The lowest BCUT2D eigenvalue weighted by Gasteiger charge is -2.35. The molecule has 1 atom stereocenters. The lowest BCUT2D eigenvalue weighted by Crippen LogP contribution is -2.38. The van der Waals surface area contributed by atoms with Crippen LogP contribution in [0.15, 0.2) is 41.4 Å². The van der Waals surface area contributed by atoms with Crippen LogP contribution in [0, 0.1) is 13.8 Å². The van der Waals surface area contributed by atoms with Gasteiger partial charge in [-0.3, -0.25) is 0 Å². The highest BCUT2D eigenvalue weighted by Gasteiger charge is 2.35. The summed E-state index contributed by atoms with van der Waals surface area (Å²) in [7, 11) is -1.95. The minimum Gasteiger partial charge on any atom is -0.481 e. The van der Waals surface area contributed by atoms with Crippen molar-refractivity contribution in [3.63, 3.8) is 0 Å². The standard InChI is InChI=1S/C19H24N2O3S/c1-14-7-9-16(10-8-14)25(22,23)21-11-5-4-6-18(21)17-13-20-19(24-3)12-15(17)2/h7-10,12-13,18H,4-6,11H2,1-3H3/t18-/m1/s1. The molecule has 5 nitrogen and oxygen atoms in total. The zero-order valence-electron chi connectivity index (χ0n) is 14.9. The molecular formula is C19H24N2O3S. The van der Waals surface area contributed by atoms with E-state index in [2.05, 4.69) is 4.98 Å². The van der Waals surface area contributed by atoms with Gasteiger partial charge in [-0.25, -0.2) is 13.4 Å². The Morgan fingerprint density at radius 3 is 2.52 bits per heavy atom. The summed E-state index contributed by atoms with van der Waals surface area (Å²) in [5, 5.41) is 0. The number of aryl methyl sites for hydroxylation is 2. The summed E-state index contributed by atoms with van der Waals surface area (Å²) in [4.78, 5) is 4.64. The largest absolute Gasteiger partial charge is 0.481 e. The quantitative estimate of drug-likeness (QED) is 0.835. The van der Waals surface area contributed by atoms with E-state index in [1.54, 1.807) is 29.7 Å². The number of piperidine rings is 1. The van der Waals surface area contributed by atoms with Gasteiger partial charge in [-0.05, 0) is 49.9 Å². The number of aromatic nitrogens is 1. The number of nitrogens with zero attached hydrogens (tertiary/aromatic N) is 2. The van der Waals surface area contributed by atoms with Crippen molar-refractivity contribution >= 4 is 10.0 Å². The van der Waals surface area contributed by atoms with E-state index in [9.17, 15) is 8.42 Å². The Kier molecular flexibility index (Phi) is 5.11. The first kappa shape index (κ1) is 17.9. The molecule has 6 heteroatoms. The summed E-state index contributed by atoms with van der Waals surface area (Å²) in [6.45, 7) is 4.46. The third kappa shape index (κ3) is 3.55. The van der Waals surface area contributed by atoms with Crippen LogP contribution in [0.1, 0.15) is 42.0 Å². The number of hydrogen-bond donors (Lipinski definition) is 0. The fourth-order valence-electron chi connectivity index (χ4n) is 3.35. The highest BCUT2D eigenvalue weighted by atomic mass is 32.2. The Balaban J connectivity index is 2.00. The Bertz CT molecular complexity index is 847. The third-order valence-electron chi connectivity index (χ3n) is 4.78. The summed E-state index contributed by atoms with van der Waals surface area (Å²) >= 11 is 0. The SMILES string of the molecule is COc1cc(C)c([C@H]2CCCCN2S(=O)(=O)c2ccc(C)cc2)cn1. The Hall–Kier alpha value is -1.92. The highest BCUT2D eigenvalue weighted by Crippen LogP contribution is 2.37. The predicted molar refractivity (Wildman–Crippen MR) is 97.2 cm³/mol. The monoisotopic (exact) mass is 360 g/mol. The Morgan fingerprint density at radius 1 is 1.16 bits per heavy atom. The molecule has 1 fully saturated rings. The van der Waals surface area contributed by atoms with E-state index in [-0.39, 0.29) is 6.04 Å². The Labute approximate surface area is 149 Å². The fourth-order valence-corrected chi connectivity index (χ4v) is 5.02. The molecule has 0 radical (unpaired) electrons. The number of ether oxygens (including phenoxy) is 1. The number of benzene rings is 1. The zero-order valence-corrected chi connectivity index (χ0v) is 15.7. The molecule has 2 heterocycles. The predicted octanol–water partition coefficient (Wildman–Crippen LogP) is 3.62. The van der Waals surface area contributed by atoms with E-state index in [1.807, 2.05) is 32.0 Å². The van der Waals surface area contributed by atoms with Gasteiger partial charge in [-0.2, -0.15) is 4.31 Å². The van der Waals surface area contributed by atoms with Crippen molar-refractivity contribution in [2.24, 2.45) is 0 Å². The number of rotatable bonds is 4. The van der Waals surface area contributed by atoms with E-state index in [0.29, 0.717) is 17.3 Å². The second kappa shape index (κ2) is 7.14. The van der Waals surface area contributed by atoms with E-state index >= 15 is 0 Å². The van der Waals surface area contributed by atoms with Gasteiger partial charge in [0.05, 0.1) is 18.0 Å². The molecule has 1 aliphatic heterocycles. The highest BCUT2D eigenvalue weighted by molar-refractivity contribution is 7.89. The van der Waals surface area contributed by atoms with Crippen molar-refractivity contribution in [3.8, 4) is 5.88 Å². The van der Waals surface area contributed by atoms with Crippen molar-refractivity contribution in [1.82, 2.24) is 9.29 Å². The average Bonchev–Trinajstić information content (AvgIpc) is 2.62. The van der Waals surface area contributed by atoms with E-state index in [0.717, 1.165) is 36.0 Å². The van der Waals surface area contributed by atoms with Crippen LogP contribution in [0.25, 0.3) is 0 Å². The van der Waals surface area contributed by atoms with Gasteiger partial charge in [-0.15, -0.1) is 0 Å². The van der Waals surface area contributed by atoms with Crippen LogP contribution in [0.4, 0.5) is 0 Å². The van der Waals surface area contributed by atoms with Gasteiger partial charge in [-0.1, -0.05) is 24.1 Å². The van der Waals surface area contributed by atoms with Crippen molar-refractivity contribution < 1.29 is 13.2 Å². The normalized spacial score (nSPS) is 18.9. The van der Waals surface area contributed by atoms with Crippen LogP contribution in [-0.2, 0) is 10.0 Å². The minimum atomic E-state index is -3.53. The number of hydrogen-bond acceptors (Lipinski definition) is 4. The van der Waals surface area contributed by atoms with Gasteiger partial charge in [0.15, 0.2) is 0 Å². The van der Waals surface area contributed by atoms with Crippen LogP contribution in [-0.4, -0.2) is 31.4 Å². The summed E-state index contributed by atoms with van der Waals surface area (Å²) in [6, 6.07) is 8.74. The fraction of sp³-hybridized carbons (Fsp3) is 0.421. The molecule has 134 valence electrons. The van der Waals surface area contributed by atoms with Crippen LogP contribution < -0.4 is 4.74 Å². The topological polar surface area (TPSA) is 59.5 Å². The average molecular weight is 360 g/mol. The number of sulfonamides is 1. The zero-order chi connectivity index (χ0) is 18.0. The van der Waals surface area contributed by atoms with Crippen molar-refractivity contribution in [1.29, 1.82) is 0 Å². The van der Waals surface area contributed by atoms with Gasteiger partial charge in [0.2, 0.25) is 15.9 Å². The molecule has 0 unspecified atom stereocenters. The smallest absolute Gasteiger partial charge is 0.243 e. The van der Waals surface area contributed by atoms with Crippen LogP contribution >= 0.6 is 0 Å². The first-order valence-corrected chi connectivity index (χ1v) is 9.96. The molecule has 25 heavy (non-hydrogen) atoms. The van der Waals surface area contributed by atoms with Crippen LogP contribution in [0.5, 0.6) is 5.88 Å². The molecule has 1 saturated heterocycles. The van der Waals surface area contributed by atoms with Gasteiger partial charge in [0.25, 0.3) is 0 Å². The molecular weight excluding hydrogens is 336 g/mol. The van der Waals surface area contributed by atoms with Crippen molar-refractivity contribution in [2.45, 2.75) is 44.0 Å². The Morgan fingerprint density at radius 2 is 1.88 bits per heavy atom. The molecule has 0 spiro atoms. The minimum absolute atomic E-state index is 0.182. The van der Waals surface area contributed by atoms with Crippen LogP contribution in [0.2, 0.25) is 0 Å². The van der Waals surface area contributed by atoms with Crippen molar-refractivity contribution in [2.75, 3.05) is 13.7 Å². The second-order valence-electron chi connectivity index (χ2n) is 6.52. The molecule has 3 rings (SSSR count). The molecule has 1 aromatic carbocycles. The van der Waals surface area contributed by atoms with Gasteiger partial charge in [0, 0.05) is 18.8 Å². The van der Waals surface area contributed by atoms with Gasteiger partial charge >= 0.3 is 0 Å². The van der Waals surface area contributed by atoms with E-state index in [4.69, 9.17) is 4.74 Å². The third-order valence-corrected chi connectivity index (χ3v) is 6.70. The number of methoxy groups -OCH3 is 1. The van der Waals surface area contributed by atoms with Gasteiger partial charge in [0.1, 0.15) is 0 Å². The maximum atomic E-state index is 13.2. The molecule has 2 aromatic rings. The van der Waals surface area contributed by atoms with Crippen molar-refractivity contribution in [3.05, 3.63) is 53.2 Å². The maximum Gasteiger partial charge on any atom is 0.243 e. The van der Waals surface area contributed by atoms with Crippen LogP contribution in [0.3, 0.4) is 0 Å². The molecule has 0 saturated carbocycles.